The zero-order valence-electron chi connectivity index (χ0n) is 15.1. The summed E-state index contributed by atoms with van der Waals surface area (Å²) in [5.74, 6) is 0.967. The minimum Gasteiger partial charge on any atom is -0.354 e. The number of hydrogen-bond donors (Lipinski definition) is 2. The molecule has 7 heteroatoms. The van der Waals surface area contributed by atoms with E-state index >= 15 is 0 Å². The molecule has 7 nitrogen and oxygen atoms in total. The second-order valence-corrected chi connectivity index (χ2v) is 6.54. The van der Waals surface area contributed by atoms with Crippen LogP contribution >= 0.6 is 0 Å². The number of anilines is 1. The summed E-state index contributed by atoms with van der Waals surface area (Å²) in [6.45, 7) is 6.38. The van der Waals surface area contributed by atoms with Gasteiger partial charge < -0.3 is 15.5 Å². The molecule has 3 heterocycles. The Hall–Kier alpha value is -2.57. The van der Waals surface area contributed by atoms with E-state index in [1.54, 1.807) is 6.20 Å². The van der Waals surface area contributed by atoms with Crippen LogP contribution in [0.25, 0.3) is 0 Å². The first-order valence-corrected chi connectivity index (χ1v) is 8.74. The van der Waals surface area contributed by atoms with Gasteiger partial charge in [0.15, 0.2) is 0 Å². The van der Waals surface area contributed by atoms with Gasteiger partial charge in [0.25, 0.3) is 0 Å². The molecular formula is C18H26N6O. The number of hydrogen-bond acceptors (Lipinski definition) is 4. The number of amides is 2. The van der Waals surface area contributed by atoms with Gasteiger partial charge in [0.2, 0.25) is 0 Å². The predicted octanol–water partition coefficient (Wildman–Crippen LogP) is 1.55. The summed E-state index contributed by atoms with van der Waals surface area (Å²) in [6.07, 6.45) is 3.53. The number of urea groups is 1. The monoisotopic (exact) mass is 342 g/mol. The number of aromatic nitrogens is 3. The Balaban J connectivity index is 1.43. The van der Waals surface area contributed by atoms with Crippen LogP contribution in [-0.4, -0.2) is 46.5 Å². The van der Waals surface area contributed by atoms with E-state index in [1.165, 1.54) is 5.56 Å². The highest BCUT2D eigenvalue weighted by molar-refractivity contribution is 5.74. The summed E-state index contributed by atoms with van der Waals surface area (Å²) in [5, 5.41) is 10.4. The van der Waals surface area contributed by atoms with E-state index < -0.39 is 0 Å². The minimum atomic E-state index is -0.105. The Kier molecular flexibility index (Phi) is 5.21. The highest BCUT2D eigenvalue weighted by atomic mass is 16.2. The van der Waals surface area contributed by atoms with Crippen LogP contribution in [0, 0.1) is 13.8 Å². The lowest BCUT2D eigenvalue weighted by atomic mass is 10.1. The molecule has 1 aliphatic heterocycles. The Morgan fingerprint density at radius 1 is 1.36 bits per heavy atom. The Morgan fingerprint density at radius 3 is 2.88 bits per heavy atom. The van der Waals surface area contributed by atoms with Crippen LogP contribution in [0.4, 0.5) is 10.6 Å². The second-order valence-electron chi connectivity index (χ2n) is 6.54. The summed E-state index contributed by atoms with van der Waals surface area (Å²) in [5.41, 5.74) is 3.40. The van der Waals surface area contributed by atoms with E-state index in [1.807, 2.05) is 36.9 Å². The molecule has 0 saturated carbocycles. The molecule has 0 bridgehead atoms. The SMILES string of the molecule is Cc1nn(C)c(C)c1CCNC(=O)N[C@H]1CCN(c2ccccn2)C1. The van der Waals surface area contributed by atoms with Crippen LogP contribution in [0.1, 0.15) is 23.4 Å². The lowest BCUT2D eigenvalue weighted by Crippen LogP contribution is -2.44. The van der Waals surface area contributed by atoms with Gasteiger partial charge in [-0.15, -0.1) is 0 Å². The lowest BCUT2D eigenvalue weighted by Gasteiger charge is -2.18. The molecule has 1 saturated heterocycles. The maximum atomic E-state index is 12.1. The number of pyridine rings is 1. The lowest BCUT2D eigenvalue weighted by molar-refractivity contribution is 0.238. The molecule has 2 amide bonds. The molecule has 0 unspecified atom stereocenters. The summed E-state index contributed by atoms with van der Waals surface area (Å²) < 4.78 is 1.88. The van der Waals surface area contributed by atoms with Crippen molar-refractivity contribution < 1.29 is 4.79 Å². The predicted molar refractivity (Wildman–Crippen MR) is 97.8 cm³/mol. The van der Waals surface area contributed by atoms with Gasteiger partial charge in [-0.1, -0.05) is 6.07 Å². The molecule has 0 aliphatic carbocycles. The van der Waals surface area contributed by atoms with Gasteiger partial charge >= 0.3 is 6.03 Å². The van der Waals surface area contributed by atoms with Gasteiger partial charge in [-0.25, -0.2) is 9.78 Å². The van der Waals surface area contributed by atoms with Gasteiger partial charge in [-0.05, 0) is 44.4 Å². The number of nitrogens with one attached hydrogen (secondary N) is 2. The summed E-state index contributed by atoms with van der Waals surface area (Å²) >= 11 is 0. The van der Waals surface area contributed by atoms with E-state index in [0.717, 1.165) is 43.1 Å². The third-order valence-corrected chi connectivity index (χ3v) is 4.82. The smallest absolute Gasteiger partial charge is 0.315 e. The van der Waals surface area contributed by atoms with Gasteiger partial charge in [0.05, 0.1) is 5.69 Å². The number of aryl methyl sites for hydroxylation is 2. The van der Waals surface area contributed by atoms with Crippen molar-refractivity contribution in [1.82, 2.24) is 25.4 Å². The quantitative estimate of drug-likeness (QED) is 0.865. The highest BCUT2D eigenvalue weighted by Gasteiger charge is 2.24. The third kappa shape index (κ3) is 4.10. The van der Waals surface area contributed by atoms with Crippen molar-refractivity contribution in [3.05, 3.63) is 41.3 Å². The highest BCUT2D eigenvalue weighted by Crippen LogP contribution is 2.17. The molecule has 0 spiro atoms. The fraction of sp³-hybridized carbons (Fsp3) is 0.500. The van der Waals surface area contributed by atoms with Crippen molar-refractivity contribution in [2.45, 2.75) is 32.7 Å². The maximum Gasteiger partial charge on any atom is 0.315 e. The molecule has 25 heavy (non-hydrogen) atoms. The first-order valence-electron chi connectivity index (χ1n) is 8.74. The van der Waals surface area contributed by atoms with E-state index in [2.05, 4.69) is 32.5 Å². The van der Waals surface area contributed by atoms with Crippen molar-refractivity contribution in [1.29, 1.82) is 0 Å². The Morgan fingerprint density at radius 2 is 2.20 bits per heavy atom. The Labute approximate surface area is 148 Å². The first-order chi connectivity index (χ1) is 12.0. The Bertz CT molecular complexity index is 727. The van der Waals surface area contributed by atoms with Crippen LogP contribution in [0.5, 0.6) is 0 Å². The van der Waals surface area contributed by atoms with Crippen molar-refractivity contribution in [3.8, 4) is 0 Å². The average molecular weight is 342 g/mol. The van der Waals surface area contributed by atoms with E-state index in [4.69, 9.17) is 0 Å². The fourth-order valence-corrected chi connectivity index (χ4v) is 3.34. The zero-order valence-corrected chi connectivity index (χ0v) is 15.1. The van der Waals surface area contributed by atoms with Crippen molar-refractivity contribution in [2.24, 2.45) is 7.05 Å². The van der Waals surface area contributed by atoms with Crippen molar-refractivity contribution in [2.75, 3.05) is 24.5 Å². The molecule has 0 radical (unpaired) electrons. The van der Waals surface area contributed by atoms with Crippen LogP contribution in [0.3, 0.4) is 0 Å². The topological polar surface area (TPSA) is 75.1 Å². The number of carbonyl (C=O) groups excluding carboxylic acids is 1. The van der Waals surface area contributed by atoms with Gasteiger partial charge in [0, 0.05) is 44.6 Å². The van der Waals surface area contributed by atoms with Crippen LogP contribution < -0.4 is 15.5 Å². The van der Waals surface area contributed by atoms with Gasteiger partial charge in [-0.3, -0.25) is 4.68 Å². The zero-order chi connectivity index (χ0) is 17.8. The minimum absolute atomic E-state index is 0.105. The molecule has 2 aromatic heterocycles. The standard InChI is InChI=1S/C18H26N6O/c1-13-16(14(2)23(3)22-13)7-10-20-18(25)21-15-8-11-24(12-15)17-6-4-5-9-19-17/h4-6,9,15H,7-8,10-12H2,1-3H3,(H2,20,21,25)/t15-/m0/s1. The van der Waals surface area contributed by atoms with Crippen LogP contribution in [-0.2, 0) is 13.5 Å². The third-order valence-electron chi connectivity index (χ3n) is 4.82. The molecule has 1 fully saturated rings. The molecule has 3 rings (SSSR count). The second kappa shape index (κ2) is 7.55. The number of rotatable bonds is 5. The molecule has 1 atom stereocenters. The molecular weight excluding hydrogens is 316 g/mol. The normalized spacial score (nSPS) is 16.9. The largest absolute Gasteiger partial charge is 0.354 e. The van der Waals surface area contributed by atoms with E-state index in [-0.39, 0.29) is 12.1 Å². The molecule has 134 valence electrons. The first kappa shape index (κ1) is 17.3. The molecule has 0 aromatic carbocycles. The summed E-state index contributed by atoms with van der Waals surface area (Å²) in [7, 11) is 1.94. The van der Waals surface area contributed by atoms with Crippen LogP contribution in [0.15, 0.2) is 24.4 Å². The number of nitrogens with zero attached hydrogens (tertiary/aromatic N) is 4. The number of carbonyl (C=O) groups is 1. The summed E-state index contributed by atoms with van der Waals surface area (Å²) in [4.78, 5) is 18.7. The van der Waals surface area contributed by atoms with E-state index in [0.29, 0.717) is 6.54 Å². The van der Waals surface area contributed by atoms with Crippen molar-refractivity contribution >= 4 is 11.8 Å². The fourth-order valence-electron chi connectivity index (χ4n) is 3.34. The molecule has 2 aromatic rings. The van der Waals surface area contributed by atoms with Gasteiger partial charge in [0.1, 0.15) is 5.82 Å². The van der Waals surface area contributed by atoms with E-state index in [9.17, 15) is 4.79 Å². The average Bonchev–Trinajstić information content (AvgIpc) is 3.15. The van der Waals surface area contributed by atoms with Crippen LogP contribution in [0.2, 0.25) is 0 Å². The molecule has 1 aliphatic rings. The maximum absolute atomic E-state index is 12.1. The van der Waals surface area contributed by atoms with Gasteiger partial charge in [-0.2, -0.15) is 5.10 Å². The summed E-state index contributed by atoms with van der Waals surface area (Å²) in [6, 6.07) is 5.95. The van der Waals surface area contributed by atoms with Crippen molar-refractivity contribution in [3.63, 3.8) is 0 Å². The molecule has 2 N–H and O–H groups in total.